The summed E-state index contributed by atoms with van der Waals surface area (Å²) in [6.07, 6.45) is -0.0775. The Morgan fingerprint density at radius 2 is 1.65 bits per heavy atom. The van der Waals surface area contributed by atoms with Crippen molar-refractivity contribution in [3.63, 3.8) is 0 Å². The van der Waals surface area contributed by atoms with E-state index in [-0.39, 0.29) is 6.42 Å². The van der Waals surface area contributed by atoms with Crippen molar-refractivity contribution in [1.29, 1.82) is 0 Å². The first kappa shape index (κ1) is 13.1. The number of barbiturate groups is 1. The van der Waals surface area contributed by atoms with Crippen LogP contribution in [0.25, 0.3) is 0 Å². The SMILES string of the molecule is CCC1(C(C)(C)[N+](=O)[O-])C(=O)NC(=O)NC1=O. The molecule has 1 heterocycles. The normalized spacial score (nSPS) is 19.6. The number of carbonyl (C=O) groups is 3. The monoisotopic (exact) mass is 243 g/mol. The molecule has 0 spiro atoms. The van der Waals surface area contributed by atoms with Gasteiger partial charge < -0.3 is 0 Å². The summed E-state index contributed by atoms with van der Waals surface area (Å²) in [7, 11) is 0. The first-order chi connectivity index (χ1) is 7.70. The molecule has 1 saturated heterocycles. The summed E-state index contributed by atoms with van der Waals surface area (Å²) in [5.41, 5.74) is -3.69. The van der Waals surface area contributed by atoms with Gasteiger partial charge in [-0.25, -0.2) is 4.79 Å². The Morgan fingerprint density at radius 3 is 1.94 bits per heavy atom. The number of nitro groups is 1. The number of amides is 4. The predicted molar refractivity (Wildman–Crippen MR) is 55.5 cm³/mol. The molecular formula is C9H13N3O5. The highest BCUT2D eigenvalue weighted by molar-refractivity contribution is 6.19. The van der Waals surface area contributed by atoms with Crippen molar-refractivity contribution < 1.29 is 19.3 Å². The highest BCUT2D eigenvalue weighted by atomic mass is 16.6. The first-order valence-corrected chi connectivity index (χ1v) is 5.01. The fourth-order valence-electron chi connectivity index (χ4n) is 2.02. The van der Waals surface area contributed by atoms with Gasteiger partial charge >= 0.3 is 6.03 Å². The van der Waals surface area contributed by atoms with Crippen LogP contribution in [-0.4, -0.2) is 28.3 Å². The van der Waals surface area contributed by atoms with Crippen LogP contribution < -0.4 is 10.6 Å². The maximum atomic E-state index is 11.8. The van der Waals surface area contributed by atoms with E-state index in [1.165, 1.54) is 20.8 Å². The Hall–Kier alpha value is -1.99. The van der Waals surface area contributed by atoms with Gasteiger partial charge in [0.2, 0.25) is 5.54 Å². The second-order valence-electron chi connectivity index (χ2n) is 4.31. The van der Waals surface area contributed by atoms with E-state index < -0.39 is 33.7 Å². The van der Waals surface area contributed by atoms with E-state index in [4.69, 9.17) is 0 Å². The second-order valence-corrected chi connectivity index (χ2v) is 4.31. The minimum Gasteiger partial charge on any atom is -0.277 e. The van der Waals surface area contributed by atoms with Gasteiger partial charge in [0.1, 0.15) is 0 Å². The topological polar surface area (TPSA) is 118 Å². The molecule has 0 bridgehead atoms. The summed E-state index contributed by atoms with van der Waals surface area (Å²) in [5, 5.41) is 14.8. The van der Waals surface area contributed by atoms with Gasteiger partial charge in [0, 0.05) is 18.8 Å². The van der Waals surface area contributed by atoms with E-state index in [1.54, 1.807) is 0 Å². The van der Waals surface area contributed by atoms with E-state index >= 15 is 0 Å². The summed E-state index contributed by atoms with van der Waals surface area (Å²) < 4.78 is 0. The van der Waals surface area contributed by atoms with Crippen LogP contribution in [0.3, 0.4) is 0 Å². The molecule has 0 saturated carbocycles. The van der Waals surface area contributed by atoms with E-state index in [9.17, 15) is 24.5 Å². The Morgan fingerprint density at radius 1 is 1.24 bits per heavy atom. The molecule has 0 radical (unpaired) electrons. The Labute approximate surface area is 96.9 Å². The number of imide groups is 2. The highest BCUT2D eigenvalue weighted by Gasteiger charge is 2.65. The molecule has 8 heteroatoms. The molecule has 17 heavy (non-hydrogen) atoms. The summed E-state index contributed by atoms with van der Waals surface area (Å²) in [6.45, 7) is 3.86. The molecule has 1 rings (SSSR count). The van der Waals surface area contributed by atoms with Gasteiger partial charge in [-0.3, -0.25) is 30.3 Å². The lowest BCUT2D eigenvalue weighted by atomic mass is 9.67. The molecule has 0 atom stereocenters. The van der Waals surface area contributed by atoms with Crippen LogP contribution in [0.4, 0.5) is 4.79 Å². The summed E-state index contributed by atoms with van der Waals surface area (Å²) in [4.78, 5) is 44.9. The van der Waals surface area contributed by atoms with Gasteiger partial charge in [-0.1, -0.05) is 6.92 Å². The highest BCUT2D eigenvalue weighted by Crippen LogP contribution is 2.39. The molecule has 4 amide bonds. The summed E-state index contributed by atoms with van der Waals surface area (Å²) in [5.74, 6) is -1.87. The van der Waals surface area contributed by atoms with E-state index in [1.807, 2.05) is 10.6 Å². The lowest BCUT2D eigenvalue weighted by Crippen LogP contribution is -2.70. The largest absolute Gasteiger partial charge is 0.328 e. The van der Waals surface area contributed by atoms with Crippen molar-refractivity contribution in [1.82, 2.24) is 10.6 Å². The number of hydrogen-bond donors (Lipinski definition) is 2. The van der Waals surface area contributed by atoms with Crippen molar-refractivity contribution in [3.05, 3.63) is 10.1 Å². The summed E-state index contributed by atoms with van der Waals surface area (Å²) in [6, 6.07) is -0.955. The first-order valence-electron chi connectivity index (χ1n) is 5.01. The minimum atomic E-state index is -1.88. The van der Waals surface area contributed by atoms with Crippen molar-refractivity contribution in [2.45, 2.75) is 32.7 Å². The van der Waals surface area contributed by atoms with Crippen LogP contribution in [0.1, 0.15) is 27.2 Å². The van der Waals surface area contributed by atoms with Crippen LogP contribution in [-0.2, 0) is 9.59 Å². The van der Waals surface area contributed by atoms with Crippen molar-refractivity contribution >= 4 is 17.8 Å². The van der Waals surface area contributed by atoms with Crippen LogP contribution in [0.15, 0.2) is 0 Å². The van der Waals surface area contributed by atoms with E-state index in [0.29, 0.717) is 0 Å². The molecule has 2 N–H and O–H groups in total. The minimum absolute atomic E-state index is 0.0775. The standard InChI is InChI=1S/C9H13N3O5/c1-4-9(8(2,3)12(16)17)5(13)10-7(15)11-6(9)14/h4H2,1-3H3,(H2,10,11,13,14,15). The van der Waals surface area contributed by atoms with Crippen molar-refractivity contribution in [2.75, 3.05) is 0 Å². The van der Waals surface area contributed by atoms with Gasteiger partial charge in [0.05, 0.1) is 0 Å². The lowest BCUT2D eigenvalue weighted by Gasteiger charge is -2.38. The third kappa shape index (κ3) is 1.56. The number of nitrogens with one attached hydrogen (secondary N) is 2. The van der Waals surface area contributed by atoms with Crippen LogP contribution in [0.2, 0.25) is 0 Å². The van der Waals surface area contributed by atoms with E-state index in [2.05, 4.69) is 0 Å². The average Bonchev–Trinajstić information content (AvgIpc) is 2.16. The lowest BCUT2D eigenvalue weighted by molar-refractivity contribution is -0.574. The van der Waals surface area contributed by atoms with Crippen LogP contribution >= 0.6 is 0 Å². The number of carbonyl (C=O) groups excluding carboxylic acids is 3. The van der Waals surface area contributed by atoms with Gasteiger partial charge in [-0.2, -0.15) is 0 Å². The van der Waals surface area contributed by atoms with Gasteiger partial charge in [0.25, 0.3) is 11.8 Å². The molecule has 1 aliphatic heterocycles. The van der Waals surface area contributed by atoms with Gasteiger partial charge in [-0.15, -0.1) is 0 Å². The zero-order valence-electron chi connectivity index (χ0n) is 9.70. The van der Waals surface area contributed by atoms with E-state index in [0.717, 1.165) is 0 Å². The number of hydrogen-bond acceptors (Lipinski definition) is 5. The Bertz CT molecular complexity index is 395. The van der Waals surface area contributed by atoms with Gasteiger partial charge in [-0.05, 0) is 6.42 Å². The maximum Gasteiger partial charge on any atom is 0.328 e. The molecule has 0 unspecified atom stereocenters. The quantitative estimate of drug-likeness (QED) is 0.404. The Kier molecular flexibility index (Phi) is 2.92. The summed E-state index contributed by atoms with van der Waals surface area (Å²) >= 11 is 0. The van der Waals surface area contributed by atoms with Crippen LogP contribution in [0.5, 0.6) is 0 Å². The molecule has 1 aliphatic rings. The molecule has 8 nitrogen and oxygen atoms in total. The average molecular weight is 243 g/mol. The molecule has 0 aromatic carbocycles. The number of rotatable bonds is 3. The predicted octanol–water partition coefficient (Wildman–Crippen LogP) is -0.196. The third-order valence-electron chi connectivity index (χ3n) is 3.26. The Balaban J connectivity index is 3.37. The maximum absolute atomic E-state index is 11.8. The van der Waals surface area contributed by atoms with Gasteiger partial charge in [0.15, 0.2) is 5.41 Å². The zero-order valence-corrected chi connectivity index (χ0v) is 9.70. The second kappa shape index (κ2) is 3.79. The third-order valence-corrected chi connectivity index (χ3v) is 3.26. The molecular weight excluding hydrogens is 230 g/mol. The molecule has 0 aromatic rings. The molecule has 1 fully saturated rings. The van der Waals surface area contributed by atoms with Crippen molar-refractivity contribution in [2.24, 2.45) is 5.41 Å². The fourth-order valence-corrected chi connectivity index (χ4v) is 2.02. The van der Waals surface area contributed by atoms with Crippen LogP contribution in [0, 0.1) is 15.5 Å². The van der Waals surface area contributed by atoms with Crippen molar-refractivity contribution in [3.8, 4) is 0 Å². The molecule has 0 aliphatic carbocycles. The zero-order chi connectivity index (χ0) is 13.4. The number of urea groups is 1. The molecule has 94 valence electrons. The smallest absolute Gasteiger partial charge is 0.277 e. The number of nitrogens with zero attached hydrogens (tertiary/aromatic N) is 1. The fraction of sp³-hybridized carbons (Fsp3) is 0.667. The molecule has 0 aromatic heterocycles.